The van der Waals surface area contributed by atoms with Crippen LogP contribution >= 0.6 is 0 Å². The van der Waals surface area contributed by atoms with Gasteiger partial charge in [0.25, 0.3) is 0 Å². The Labute approximate surface area is 89.0 Å². The molecule has 1 aromatic heterocycles. The molecule has 0 unspecified atom stereocenters. The number of nitrogens with zero attached hydrogens (tertiary/aromatic N) is 2. The van der Waals surface area contributed by atoms with Gasteiger partial charge in [-0.3, -0.25) is 9.48 Å². The van der Waals surface area contributed by atoms with E-state index in [4.69, 9.17) is 0 Å². The second-order valence-electron chi connectivity index (χ2n) is 3.74. The minimum Gasteiger partial charge on any atom is -0.306 e. The topological polar surface area (TPSA) is 46.9 Å². The average Bonchev–Trinajstić information content (AvgIpc) is 3.00. The molecule has 1 aliphatic carbocycles. The van der Waals surface area contributed by atoms with E-state index in [1.165, 1.54) is 24.6 Å². The molecule has 0 spiro atoms. The van der Waals surface area contributed by atoms with Crippen molar-refractivity contribution in [3.63, 3.8) is 0 Å². The molecule has 1 aliphatic rings. The molecule has 0 bridgehead atoms. The molecule has 1 saturated carbocycles. The Bertz CT molecular complexity index is 391. The second-order valence-corrected chi connectivity index (χ2v) is 3.74. The molecule has 0 radical (unpaired) electrons. The maximum Gasteiger partial charge on any atom is 0.248 e. The first-order chi connectivity index (χ1) is 7.24. The molecule has 4 nitrogen and oxygen atoms in total. The fourth-order valence-electron chi connectivity index (χ4n) is 1.63. The first-order valence-electron chi connectivity index (χ1n) is 5.25. The zero-order valence-corrected chi connectivity index (χ0v) is 8.86. The Morgan fingerprint density at radius 1 is 1.80 bits per heavy atom. The average molecular weight is 205 g/mol. The highest BCUT2D eigenvalue weighted by Crippen LogP contribution is 2.40. The predicted octanol–water partition coefficient (Wildman–Crippen LogP) is 1.90. The Kier molecular flexibility index (Phi) is 2.58. The molecule has 0 saturated heterocycles. The zero-order valence-electron chi connectivity index (χ0n) is 8.86. The van der Waals surface area contributed by atoms with Crippen molar-refractivity contribution < 1.29 is 4.79 Å². The molecular formula is C11H15N3O. The molecule has 0 aliphatic heterocycles. The Morgan fingerprint density at radius 2 is 2.53 bits per heavy atom. The lowest BCUT2D eigenvalue weighted by Crippen LogP contribution is -2.08. The third-order valence-corrected chi connectivity index (χ3v) is 2.54. The largest absolute Gasteiger partial charge is 0.306 e. The summed E-state index contributed by atoms with van der Waals surface area (Å²) in [4.78, 5) is 11.1. The molecule has 0 atom stereocenters. The van der Waals surface area contributed by atoms with E-state index in [-0.39, 0.29) is 5.91 Å². The van der Waals surface area contributed by atoms with E-state index in [0.29, 0.717) is 11.7 Å². The molecule has 1 fully saturated rings. The number of carbonyl (C=O) groups is 1. The summed E-state index contributed by atoms with van der Waals surface area (Å²) >= 11 is 0. The molecule has 1 N–H and O–H groups in total. The van der Waals surface area contributed by atoms with Crippen LogP contribution in [0, 0.1) is 0 Å². The molecular weight excluding hydrogens is 190 g/mol. The molecule has 80 valence electrons. The van der Waals surface area contributed by atoms with E-state index in [0.717, 1.165) is 6.54 Å². The van der Waals surface area contributed by atoms with E-state index in [1.54, 1.807) is 0 Å². The van der Waals surface area contributed by atoms with Gasteiger partial charge in [0, 0.05) is 24.2 Å². The first-order valence-corrected chi connectivity index (χ1v) is 5.25. The van der Waals surface area contributed by atoms with Gasteiger partial charge in [0.1, 0.15) is 0 Å². The monoisotopic (exact) mass is 205 g/mol. The number of hydrogen-bond acceptors (Lipinski definition) is 2. The first kappa shape index (κ1) is 9.96. The van der Waals surface area contributed by atoms with Crippen LogP contribution in [0.15, 0.2) is 18.7 Å². The van der Waals surface area contributed by atoms with Gasteiger partial charge in [0.2, 0.25) is 5.91 Å². The molecule has 4 heteroatoms. The lowest BCUT2D eigenvalue weighted by atomic mass is 10.3. The highest BCUT2D eigenvalue weighted by Gasteiger charge is 2.27. The molecule has 1 aromatic rings. The summed E-state index contributed by atoms with van der Waals surface area (Å²) < 4.78 is 1.95. The van der Waals surface area contributed by atoms with Crippen molar-refractivity contribution in [3.8, 4) is 0 Å². The van der Waals surface area contributed by atoms with Crippen molar-refractivity contribution in [3.05, 3.63) is 24.4 Å². The van der Waals surface area contributed by atoms with Gasteiger partial charge in [-0.1, -0.05) is 6.58 Å². The van der Waals surface area contributed by atoms with Crippen molar-refractivity contribution in [1.82, 2.24) is 9.78 Å². The number of aromatic nitrogens is 2. The standard InChI is InChI=1S/C11H15N3O/c1-3-11(15)12-10-7-9(8-5-6-8)14(4-2)13-10/h3,7-8H,1,4-6H2,2H3,(H,12,13,15). The maximum atomic E-state index is 11.1. The number of amides is 1. The van der Waals surface area contributed by atoms with Gasteiger partial charge in [-0.2, -0.15) is 5.10 Å². The quantitative estimate of drug-likeness (QED) is 0.763. The summed E-state index contributed by atoms with van der Waals surface area (Å²) in [6, 6.07) is 1.96. The lowest BCUT2D eigenvalue weighted by Gasteiger charge is -2.00. The van der Waals surface area contributed by atoms with Crippen molar-refractivity contribution in [2.24, 2.45) is 0 Å². The summed E-state index contributed by atoms with van der Waals surface area (Å²) in [6.45, 7) is 6.30. The van der Waals surface area contributed by atoms with E-state index in [9.17, 15) is 4.79 Å². The minimum atomic E-state index is -0.210. The lowest BCUT2D eigenvalue weighted by molar-refractivity contribution is -0.111. The minimum absolute atomic E-state index is 0.210. The smallest absolute Gasteiger partial charge is 0.248 e. The van der Waals surface area contributed by atoms with Gasteiger partial charge in [-0.15, -0.1) is 0 Å². The molecule has 1 heterocycles. The van der Waals surface area contributed by atoms with Crippen LogP contribution in [0.4, 0.5) is 5.82 Å². The highest BCUT2D eigenvalue weighted by molar-refractivity contribution is 5.98. The number of aryl methyl sites for hydroxylation is 1. The fourth-order valence-corrected chi connectivity index (χ4v) is 1.63. The van der Waals surface area contributed by atoms with Crippen LogP contribution in [0.2, 0.25) is 0 Å². The van der Waals surface area contributed by atoms with E-state index >= 15 is 0 Å². The zero-order chi connectivity index (χ0) is 10.8. The van der Waals surface area contributed by atoms with E-state index < -0.39 is 0 Å². The van der Waals surface area contributed by atoms with Gasteiger partial charge in [0.05, 0.1) is 0 Å². The number of anilines is 1. The fraction of sp³-hybridized carbons (Fsp3) is 0.455. The van der Waals surface area contributed by atoms with E-state index in [2.05, 4.69) is 23.9 Å². The number of nitrogens with one attached hydrogen (secondary N) is 1. The van der Waals surface area contributed by atoms with Crippen LogP contribution in [0.1, 0.15) is 31.4 Å². The SMILES string of the molecule is C=CC(=O)Nc1cc(C2CC2)n(CC)n1. The summed E-state index contributed by atoms with van der Waals surface area (Å²) in [5.74, 6) is 1.06. The van der Waals surface area contributed by atoms with Crippen LogP contribution in [0.25, 0.3) is 0 Å². The molecule has 2 rings (SSSR count). The van der Waals surface area contributed by atoms with E-state index in [1.807, 2.05) is 10.7 Å². The Hall–Kier alpha value is -1.58. The van der Waals surface area contributed by atoms with Crippen molar-refractivity contribution in [2.45, 2.75) is 32.2 Å². The number of carbonyl (C=O) groups excluding carboxylic acids is 1. The van der Waals surface area contributed by atoms with Gasteiger partial charge < -0.3 is 5.32 Å². The maximum absolute atomic E-state index is 11.1. The van der Waals surface area contributed by atoms with Crippen LogP contribution in [-0.2, 0) is 11.3 Å². The van der Waals surface area contributed by atoms with Crippen molar-refractivity contribution >= 4 is 11.7 Å². The Balaban J connectivity index is 2.18. The van der Waals surface area contributed by atoms with Crippen LogP contribution in [0.3, 0.4) is 0 Å². The second kappa shape index (κ2) is 3.88. The number of hydrogen-bond donors (Lipinski definition) is 1. The van der Waals surface area contributed by atoms with Crippen LogP contribution in [-0.4, -0.2) is 15.7 Å². The van der Waals surface area contributed by atoms with Crippen LogP contribution < -0.4 is 5.32 Å². The van der Waals surface area contributed by atoms with Gasteiger partial charge >= 0.3 is 0 Å². The van der Waals surface area contributed by atoms with Crippen LogP contribution in [0.5, 0.6) is 0 Å². The van der Waals surface area contributed by atoms with Gasteiger partial charge in [0.15, 0.2) is 5.82 Å². The summed E-state index contributed by atoms with van der Waals surface area (Å²) in [5, 5.41) is 7.00. The summed E-state index contributed by atoms with van der Waals surface area (Å²) in [7, 11) is 0. The highest BCUT2D eigenvalue weighted by atomic mass is 16.1. The van der Waals surface area contributed by atoms with Gasteiger partial charge in [-0.25, -0.2) is 0 Å². The van der Waals surface area contributed by atoms with Gasteiger partial charge in [-0.05, 0) is 25.8 Å². The summed E-state index contributed by atoms with van der Waals surface area (Å²) in [5.41, 5.74) is 1.23. The molecule has 1 amide bonds. The Morgan fingerprint density at radius 3 is 3.07 bits per heavy atom. The summed E-state index contributed by atoms with van der Waals surface area (Å²) in [6.07, 6.45) is 3.73. The number of rotatable bonds is 4. The third kappa shape index (κ3) is 2.09. The predicted molar refractivity (Wildman–Crippen MR) is 58.7 cm³/mol. The van der Waals surface area contributed by atoms with Crippen molar-refractivity contribution in [1.29, 1.82) is 0 Å². The molecule has 15 heavy (non-hydrogen) atoms. The molecule has 0 aromatic carbocycles. The van der Waals surface area contributed by atoms with Crippen molar-refractivity contribution in [2.75, 3.05) is 5.32 Å². The third-order valence-electron chi connectivity index (χ3n) is 2.54. The normalized spacial score (nSPS) is 15.0.